The molecule has 1 heterocycles. The van der Waals surface area contributed by atoms with Crippen molar-refractivity contribution in [2.75, 3.05) is 0 Å². The first-order valence-corrected chi connectivity index (χ1v) is 5.73. The lowest BCUT2D eigenvalue weighted by Crippen LogP contribution is -2.10. The quantitative estimate of drug-likeness (QED) is 0.907. The molecule has 0 amide bonds. The van der Waals surface area contributed by atoms with Gasteiger partial charge in [-0.15, -0.1) is 0 Å². The minimum atomic E-state index is -4.64. The smallest absolute Gasteiger partial charge is 0.416 e. The molecule has 0 saturated carbocycles. The molecule has 0 spiro atoms. The normalized spacial score (nSPS) is 11.4. The number of halogens is 4. The van der Waals surface area contributed by atoms with E-state index in [9.17, 15) is 18.0 Å². The molecule has 0 bridgehead atoms. The summed E-state index contributed by atoms with van der Waals surface area (Å²) in [6.07, 6.45) is -4.64. The molecule has 2 rings (SSSR count). The molecule has 0 saturated heterocycles. The summed E-state index contributed by atoms with van der Waals surface area (Å²) in [7, 11) is 0. The Kier molecular flexibility index (Phi) is 3.67. The molecule has 2 aromatic rings. The van der Waals surface area contributed by atoms with E-state index in [1.807, 2.05) is 0 Å². The van der Waals surface area contributed by atoms with E-state index in [0.29, 0.717) is 16.7 Å². The van der Waals surface area contributed by atoms with Crippen molar-refractivity contribution in [3.63, 3.8) is 0 Å². The van der Waals surface area contributed by atoms with Gasteiger partial charge in [0.05, 0.1) is 11.3 Å². The Morgan fingerprint density at radius 1 is 1.15 bits per heavy atom. The third-order valence-electron chi connectivity index (χ3n) is 2.51. The van der Waals surface area contributed by atoms with Gasteiger partial charge in [0.15, 0.2) is 0 Å². The number of rotatable bonds is 2. The minimum absolute atomic E-state index is 0.0751. The predicted octanol–water partition coefficient (Wildman–Crippen LogP) is 4.12. The Balaban J connectivity index is 2.60. The molecule has 3 nitrogen and oxygen atoms in total. The van der Waals surface area contributed by atoms with Gasteiger partial charge in [-0.1, -0.05) is 23.7 Å². The molecule has 0 unspecified atom stereocenters. The number of carboxylic acid groups (broad SMARTS) is 1. The van der Waals surface area contributed by atoms with Crippen LogP contribution in [0, 0.1) is 0 Å². The zero-order valence-electron chi connectivity index (χ0n) is 9.78. The second-order valence-corrected chi connectivity index (χ2v) is 4.37. The van der Waals surface area contributed by atoms with E-state index in [0.717, 1.165) is 6.07 Å². The fourth-order valence-electron chi connectivity index (χ4n) is 1.57. The van der Waals surface area contributed by atoms with E-state index >= 15 is 0 Å². The van der Waals surface area contributed by atoms with Gasteiger partial charge >= 0.3 is 12.1 Å². The number of aromatic nitrogens is 1. The van der Waals surface area contributed by atoms with Crippen molar-refractivity contribution in [2.24, 2.45) is 0 Å². The molecule has 0 aliphatic rings. The van der Waals surface area contributed by atoms with Gasteiger partial charge in [-0.2, -0.15) is 13.2 Å². The SMILES string of the molecule is O=C(O)c1cc(C(F)(F)F)cc(-c2ccc(Cl)cc2)n1. The van der Waals surface area contributed by atoms with Crippen molar-refractivity contribution in [3.05, 3.63) is 52.7 Å². The Bertz CT molecular complexity index is 654. The highest BCUT2D eigenvalue weighted by Crippen LogP contribution is 2.32. The maximum absolute atomic E-state index is 12.7. The summed E-state index contributed by atoms with van der Waals surface area (Å²) in [5, 5.41) is 9.26. The molecule has 1 N–H and O–H groups in total. The van der Waals surface area contributed by atoms with Crippen LogP contribution >= 0.6 is 11.6 Å². The fourth-order valence-corrected chi connectivity index (χ4v) is 1.70. The number of aromatic carboxylic acids is 1. The number of hydrogen-bond acceptors (Lipinski definition) is 2. The first-order valence-electron chi connectivity index (χ1n) is 5.36. The van der Waals surface area contributed by atoms with Crippen molar-refractivity contribution in [2.45, 2.75) is 6.18 Å². The van der Waals surface area contributed by atoms with Gasteiger partial charge < -0.3 is 5.11 Å². The summed E-state index contributed by atoms with van der Waals surface area (Å²) in [5.41, 5.74) is -1.45. The van der Waals surface area contributed by atoms with Gasteiger partial charge in [0.2, 0.25) is 0 Å². The van der Waals surface area contributed by atoms with Crippen LogP contribution in [0.5, 0.6) is 0 Å². The van der Waals surface area contributed by atoms with Gasteiger partial charge in [0.25, 0.3) is 0 Å². The Morgan fingerprint density at radius 2 is 1.75 bits per heavy atom. The Labute approximate surface area is 116 Å². The second-order valence-electron chi connectivity index (χ2n) is 3.94. The Hall–Kier alpha value is -2.08. The molecule has 0 aliphatic carbocycles. The van der Waals surface area contributed by atoms with Crippen LogP contribution in [0.4, 0.5) is 13.2 Å². The van der Waals surface area contributed by atoms with Crippen LogP contribution in [0.3, 0.4) is 0 Å². The number of pyridine rings is 1. The molecular formula is C13H7ClF3NO2. The minimum Gasteiger partial charge on any atom is -0.477 e. The molecule has 1 aromatic carbocycles. The van der Waals surface area contributed by atoms with Gasteiger partial charge in [0.1, 0.15) is 5.69 Å². The molecule has 0 fully saturated rings. The van der Waals surface area contributed by atoms with E-state index in [2.05, 4.69) is 4.98 Å². The average Bonchev–Trinajstić information content (AvgIpc) is 2.38. The second kappa shape index (κ2) is 5.13. The molecule has 1 aromatic heterocycles. The van der Waals surface area contributed by atoms with Crippen LogP contribution < -0.4 is 0 Å². The fraction of sp³-hybridized carbons (Fsp3) is 0.0769. The highest BCUT2D eigenvalue weighted by molar-refractivity contribution is 6.30. The molecule has 0 atom stereocenters. The van der Waals surface area contributed by atoms with E-state index in [-0.39, 0.29) is 5.69 Å². The van der Waals surface area contributed by atoms with Gasteiger partial charge in [0, 0.05) is 10.6 Å². The summed E-state index contributed by atoms with van der Waals surface area (Å²) in [5.74, 6) is -1.52. The van der Waals surface area contributed by atoms with Crippen molar-refractivity contribution >= 4 is 17.6 Å². The maximum atomic E-state index is 12.7. The lowest BCUT2D eigenvalue weighted by molar-refractivity contribution is -0.137. The number of nitrogens with zero attached hydrogens (tertiary/aromatic N) is 1. The molecule has 0 radical (unpaired) electrons. The number of hydrogen-bond donors (Lipinski definition) is 1. The standard InChI is InChI=1S/C13H7ClF3NO2/c14-9-3-1-7(2-4-9)10-5-8(13(15,16)17)6-11(18-10)12(19)20/h1-6H,(H,19,20). The average molecular weight is 302 g/mol. The van der Waals surface area contributed by atoms with Crippen LogP contribution in [-0.4, -0.2) is 16.1 Å². The predicted molar refractivity (Wildman–Crippen MR) is 66.6 cm³/mol. The van der Waals surface area contributed by atoms with E-state index in [1.54, 1.807) is 0 Å². The van der Waals surface area contributed by atoms with Crippen molar-refractivity contribution in [1.29, 1.82) is 0 Å². The molecule has 20 heavy (non-hydrogen) atoms. The molecule has 7 heteroatoms. The molecule has 104 valence electrons. The third-order valence-corrected chi connectivity index (χ3v) is 2.76. The lowest BCUT2D eigenvalue weighted by Gasteiger charge is -2.10. The number of carboxylic acids is 1. The van der Waals surface area contributed by atoms with Crippen LogP contribution in [0.15, 0.2) is 36.4 Å². The van der Waals surface area contributed by atoms with Crippen molar-refractivity contribution < 1.29 is 23.1 Å². The third kappa shape index (κ3) is 3.08. The van der Waals surface area contributed by atoms with Crippen molar-refractivity contribution in [1.82, 2.24) is 4.98 Å². The summed E-state index contributed by atoms with van der Waals surface area (Å²) in [4.78, 5) is 14.6. The maximum Gasteiger partial charge on any atom is 0.416 e. The molecule has 0 aliphatic heterocycles. The highest BCUT2D eigenvalue weighted by Gasteiger charge is 2.32. The van der Waals surface area contributed by atoms with Crippen LogP contribution in [0.2, 0.25) is 5.02 Å². The number of carbonyl (C=O) groups is 1. The first-order chi connectivity index (χ1) is 9.27. The van der Waals surface area contributed by atoms with Crippen LogP contribution in [-0.2, 0) is 6.18 Å². The van der Waals surface area contributed by atoms with Gasteiger partial charge in [-0.3, -0.25) is 0 Å². The number of alkyl halides is 3. The topological polar surface area (TPSA) is 50.2 Å². The number of benzene rings is 1. The van der Waals surface area contributed by atoms with Gasteiger partial charge in [-0.25, -0.2) is 9.78 Å². The highest BCUT2D eigenvalue weighted by atomic mass is 35.5. The van der Waals surface area contributed by atoms with E-state index in [4.69, 9.17) is 16.7 Å². The van der Waals surface area contributed by atoms with Crippen LogP contribution in [0.1, 0.15) is 16.1 Å². The van der Waals surface area contributed by atoms with E-state index < -0.39 is 23.4 Å². The zero-order chi connectivity index (χ0) is 14.9. The summed E-state index contributed by atoms with van der Waals surface area (Å²) < 4.78 is 38.2. The lowest BCUT2D eigenvalue weighted by atomic mass is 10.1. The van der Waals surface area contributed by atoms with Crippen LogP contribution in [0.25, 0.3) is 11.3 Å². The summed E-state index contributed by atoms with van der Waals surface area (Å²) in [6.45, 7) is 0. The van der Waals surface area contributed by atoms with Crippen molar-refractivity contribution in [3.8, 4) is 11.3 Å². The summed E-state index contributed by atoms with van der Waals surface area (Å²) >= 11 is 5.69. The largest absolute Gasteiger partial charge is 0.477 e. The first kappa shape index (κ1) is 14.3. The zero-order valence-corrected chi connectivity index (χ0v) is 10.5. The molecular weight excluding hydrogens is 295 g/mol. The monoisotopic (exact) mass is 301 g/mol. The van der Waals surface area contributed by atoms with Gasteiger partial charge in [-0.05, 0) is 24.3 Å². The van der Waals surface area contributed by atoms with E-state index in [1.165, 1.54) is 24.3 Å². The Morgan fingerprint density at radius 3 is 2.25 bits per heavy atom. The summed E-state index contributed by atoms with van der Waals surface area (Å²) in [6, 6.07) is 7.21.